The Morgan fingerprint density at radius 3 is 2.67 bits per heavy atom. The normalized spacial score (nSPS) is 17.4. The van der Waals surface area contributed by atoms with Crippen LogP contribution in [-0.4, -0.2) is 18.6 Å². The number of rotatable bonds is 5. The summed E-state index contributed by atoms with van der Waals surface area (Å²) in [4.78, 5) is 11.9. The standard InChI is InChI=1S/C15H21NO2/c1-12(11-18-14-9-3-2-4-10-14)16-15(17)13-7-5-6-8-13/h2-4,9-10,12-13H,5-8,11H2,1H3,(H,16,17)/t12-/m0/s1. The van der Waals surface area contributed by atoms with Crippen LogP contribution >= 0.6 is 0 Å². The van der Waals surface area contributed by atoms with Crippen molar-refractivity contribution in [2.45, 2.75) is 38.6 Å². The van der Waals surface area contributed by atoms with E-state index in [9.17, 15) is 4.79 Å². The lowest BCUT2D eigenvalue weighted by Crippen LogP contribution is -2.39. The lowest BCUT2D eigenvalue weighted by molar-refractivity contribution is -0.125. The van der Waals surface area contributed by atoms with Crippen LogP contribution in [0.1, 0.15) is 32.6 Å². The van der Waals surface area contributed by atoms with Crippen LogP contribution in [0.5, 0.6) is 5.75 Å². The van der Waals surface area contributed by atoms with E-state index in [2.05, 4.69) is 5.32 Å². The molecule has 0 spiro atoms. The Morgan fingerprint density at radius 1 is 1.33 bits per heavy atom. The summed E-state index contributed by atoms with van der Waals surface area (Å²) in [6.45, 7) is 2.50. The third-order valence-electron chi connectivity index (χ3n) is 3.36. The predicted molar refractivity (Wildman–Crippen MR) is 71.5 cm³/mol. The van der Waals surface area contributed by atoms with Crippen molar-refractivity contribution in [2.24, 2.45) is 5.92 Å². The molecule has 0 aliphatic heterocycles. The van der Waals surface area contributed by atoms with Crippen molar-refractivity contribution in [3.05, 3.63) is 30.3 Å². The lowest BCUT2D eigenvalue weighted by Gasteiger charge is -2.17. The number of carbonyl (C=O) groups excluding carboxylic acids is 1. The molecule has 1 aliphatic rings. The Labute approximate surface area is 109 Å². The molecule has 3 nitrogen and oxygen atoms in total. The van der Waals surface area contributed by atoms with Gasteiger partial charge >= 0.3 is 0 Å². The van der Waals surface area contributed by atoms with Crippen molar-refractivity contribution in [1.29, 1.82) is 0 Å². The average molecular weight is 247 g/mol. The van der Waals surface area contributed by atoms with Gasteiger partial charge in [-0.05, 0) is 31.9 Å². The van der Waals surface area contributed by atoms with Crippen molar-refractivity contribution in [2.75, 3.05) is 6.61 Å². The first-order valence-corrected chi connectivity index (χ1v) is 6.74. The summed E-state index contributed by atoms with van der Waals surface area (Å²) in [5.41, 5.74) is 0. The van der Waals surface area contributed by atoms with Crippen molar-refractivity contribution in [3.8, 4) is 5.75 Å². The fourth-order valence-corrected chi connectivity index (χ4v) is 2.33. The van der Waals surface area contributed by atoms with E-state index in [1.807, 2.05) is 37.3 Å². The molecule has 0 bridgehead atoms. The Bertz CT molecular complexity index is 371. The maximum absolute atomic E-state index is 11.9. The molecule has 0 heterocycles. The molecule has 98 valence electrons. The number of ether oxygens (including phenoxy) is 1. The van der Waals surface area contributed by atoms with Crippen LogP contribution in [0.3, 0.4) is 0 Å². The van der Waals surface area contributed by atoms with Gasteiger partial charge in [-0.15, -0.1) is 0 Å². The van der Waals surface area contributed by atoms with E-state index in [1.54, 1.807) is 0 Å². The van der Waals surface area contributed by atoms with Crippen LogP contribution in [0.15, 0.2) is 30.3 Å². The third-order valence-corrected chi connectivity index (χ3v) is 3.36. The molecule has 1 aliphatic carbocycles. The summed E-state index contributed by atoms with van der Waals surface area (Å²) in [5.74, 6) is 1.26. The van der Waals surface area contributed by atoms with Gasteiger partial charge in [0.25, 0.3) is 0 Å². The molecule has 1 aromatic carbocycles. The lowest BCUT2D eigenvalue weighted by atomic mass is 10.1. The molecule has 1 fully saturated rings. The van der Waals surface area contributed by atoms with Crippen LogP contribution < -0.4 is 10.1 Å². The highest BCUT2D eigenvalue weighted by atomic mass is 16.5. The summed E-state index contributed by atoms with van der Waals surface area (Å²) >= 11 is 0. The predicted octanol–water partition coefficient (Wildman–Crippen LogP) is 2.76. The van der Waals surface area contributed by atoms with Gasteiger partial charge in [0.05, 0.1) is 6.04 Å². The van der Waals surface area contributed by atoms with Gasteiger partial charge in [-0.3, -0.25) is 4.79 Å². The number of hydrogen-bond donors (Lipinski definition) is 1. The van der Waals surface area contributed by atoms with Gasteiger partial charge in [-0.2, -0.15) is 0 Å². The molecule has 1 N–H and O–H groups in total. The van der Waals surface area contributed by atoms with Crippen molar-refractivity contribution in [1.82, 2.24) is 5.32 Å². The number of hydrogen-bond acceptors (Lipinski definition) is 2. The second-order valence-electron chi connectivity index (χ2n) is 5.02. The smallest absolute Gasteiger partial charge is 0.223 e. The van der Waals surface area contributed by atoms with Crippen LogP contribution in [0.25, 0.3) is 0 Å². The maximum atomic E-state index is 11.9. The molecule has 1 aromatic rings. The van der Waals surface area contributed by atoms with Crippen molar-refractivity contribution in [3.63, 3.8) is 0 Å². The minimum Gasteiger partial charge on any atom is -0.491 e. The van der Waals surface area contributed by atoms with Crippen molar-refractivity contribution >= 4 is 5.91 Å². The summed E-state index contributed by atoms with van der Waals surface area (Å²) < 4.78 is 5.62. The zero-order valence-corrected chi connectivity index (χ0v) is 10.9. The fraction of sp³-hybridized carbons (Fsp3) is 0.533. The Hall–Kier alpha value is -1.51. The first kappa shape index (κ1) is 12.9. The summed E-state index contributed by atoms with van der Waals surface area (Å²) in [6, 6.07) is 9.74. The van der Waals surface area contributed by atoms with Gasteiger partial charge in [0.2, 0.25) is 5.91 Å². The highest BCUT2D eigenvalue weighted by Crippen LogP contribution is 2.24. The van der Waals surface area contributed by atoms with Gasteiger partial charge in [0, 0.05) is 5.92 Å². The summed E-state index contributed by atoms with van der Waals surface area (Å²) in [6.07, 6.45) is 4.45. The van der Waals surface area contributed by atoms with Crippen molar-refractivity contribution < 1.29 is 9.53 Å². The van der Waals surface area contributed by atoms with E-state index in [-0.39, 0.29) is 17.9 Å². The fourth-order valence-electron chi connectivity index (χ4n) is 2.33. The van der Waals surface area contributed by atoms with Crippen LogP contribution in [0.2, 0.25) is 0 Å². The zero-order valence-electron chi connectivity index (χ0n) is 10.9. The van der Waals surface area contributed by atoms with Gasteiger partial charge in [0.1, 0.15) is 12.4 Å². The summed E-state index contributed by atoms with van der Waals surface area (Å²) in [7, 11) is 0. The Balaban J connectivity index is 1.71. The van der Waals surface area contributed by atoms with E-state index in [0.717, 1.165) is 18.6 Å². The molecular formula is C15H21NO2. The molecule has 2 rings (SSSR count). The molecule has 1 saturated carbocycles. The van der Waals surface area contributed by atoms with E-state index in [0.29, 0.717) is 6.61 Å². The van der Waals surface area contributed by atoms with E-state index >= 15 is 0 Å². The molecule has 0 aromatic heterocycles. The number of carbonyl (C=O) groups is 1. The van der Waals surface area contributed by atoms with Crippen LogP contribution in [-0.2, 0) is 4.79 Å². The number of nitrogens with one attached hydrogen (secondary N) is 1. The number of para-hydroxylation sites is 1. The molecule has 0 radical (unpaired) electrons. The van der Waals surface area contributed by atoms with E-state index < -0.39 is 0 Å². The van der Waals surface area contributed by atoms with Gasteiger partial charge in [0.15, 0.2) is 0 Å². The molecule has 0 unspecified atom stereocenters. The SMILES string of the molecule is C[C@@H](COc1ccccc1)NC(=O)C1CCCC1. The molecule has 0 saturated heterocycles. The summed E-state index contributed by atoms with van der Waals surface area (Å²) in [5, 5.41) is 3.03. The first-order chi connectivity index (χ1) is 8.75. The van der Waals surface area contributed by atoms with E-state index in [4.69, 9.17) is 4.74 Å². The Kier molecular flexibility index (Phi) is 4.62. The molecule has 1 amide bonds. The van der Waals surface area contributed by atoms with Gasteiger partial charge in [-0.25, -0.2) is 0 Å². The van der Waals surface area contributed by atoms with Crippen LogP contribution in [0, 0.1) is 5.92 Å². The maximum Gasteiger partial charge on any atom is 0.223 e. The molecular weight excluding hydrogens is 226 g/mol. The molecule has 3 heteroatoms. The molecule has 1 atom stereocenters. The first-order valence-electron chi connectivity index (χ1n) is 6.74. The largest absolute Gasteiger partial charge is 0.491 e. The Morgan fingerprint density at radius 2 is 2.00 bits per heavy atom. The highest BCUT2D eigenvalue weighted by Gasteiger charge is 2.23. The monoisotopic (exact) mass is 247 g/mol. The zero-order chi connectivity index (χ0) is 12.8. The number of amides is 1. The average Bonchev–Trinajstić information content (AvgIpc) is 2.91. The van der Waals surface area contributed by atoms with Crippen LogP contribution in [0.4, 0.5) is 0 Å². The second-order valence-corrected chi connectivity index (χ2v) is 5.02. The van der Waals surface area contributed by atoms with Gasteiger partial charge in [-0.1, -0.05) is 31.0 Å². The molecule has 18 heavy (non-hydrogen) atoms. The second kappa shape index (κ2) is 6.43. The minimum absolute atomic E-state index is 0.0540. The van der Waals surface area contributed by atoms with Gasteiger partial charge < -0.3 is 10.1 Å². The highest BCUT2D eigenvalue weighted by molar-refractivity contribution is 5.79. The number of benzene rings is 1. The quantitative estimate of drug-likeness (QED) is 0.869. The minimum atomic E-state index is 0.0540. The van der Waals surface area contributed by atoms with E-state index in [1.165, 1.54) is 12.8 Å². The third kappa shape index (κ3) is 3.76. The topological polar surface area (TPSA) is 38.3 Å².